The number of aromatic nitrogens is 1. The van der Waals surface area contributed by atoms with E-state index in [-0.39, 0.29) is 17.9 Å². The Kier molecular flexibility index (Phi) is 3.75. The fraction of sp³-hybridized carbons (Fsp3) is 0.143. The molecule has 0 spiro atoms. The second-order valence-corrected chi connectivity index (χ2v) is 4.12. The molecule has 2 rings (SSSR count). The first-order valence-corrected chi connectivity index (χ1v) is 5.74. The summed E-state index contributed by atoms with van der Waals surface area (Å²) in [6, 6.07) is 5.52. The zero-order valence-electron chi connectivity index (χ0n) is 10.4. The molecular formula is C14H13FN2O2. The van der Waals surface area contributed by atoms with Crippen LogP contribution in [0.1, 0.15) is 21.5 Å². The standard InChI is InChI=1S/C14H13FN2O2/c1-9-7-16-6-5-10(9)8-17-14(19)13-11(15)3-2-4-12(13)18/h2-7,18H,8H2,1H3,(H,17,19). The van der Waals surface area contributed by atoms with Crippen molar-refractivity contribution in [3.8, 4) is 5.75 Å². The van der Waals surface area contributed by atoms with E-state index in [1.54, 1.807) is 18.5 Å². The van der Waals surface area contributed by atoms with Gasteiger partial charge in [-0.1, -0.05) is 6.07 Å². The van der Waals surface area contributed by atoms with E-state index in [2.05, 4.69) is 10.3 Å². The number of nitrogens with one attached hydrogen (secondary N) is 1. The van der Waals surface area contributed by atoms with E-state index >= 15 is 0 Å². The molecule has 1 aromatic carbocycles. The van der Waals surface area contributed by atoms with Gasteiger partial charge in [-0.2, -0.15) is 0 Å². The number of nitrogens with zero attached hydrogens (tertiary/aromatic N) is 1. The van der Waals surface area contributed by atoms with Gasteiger partial charge in [-0.05, 0) is 36.2 Å². The van der Waals surface area contributed by atoms with Gasteiger partial charge in [-0.3, -0.25) is 9.78 Å². The first kappa shape index (κ1) is 13.0. The molecule has 0 fully saturated rings. The van der Waals surface area contributed by atoms with Gasteiger partial charge in [0.25, 0.3) is 5.91 Å². The van der Waals surface area contributed by atoms with Crippen molar-refractivity contribution in [1.29, 1.82) is 0 Å². The monoisotopic (exact) mass is 260 g/mol. The van der Waals surface area contributed by atoms with Crippen LogP contribution in [0.3, 0.4) is 0 Å². The summed E-state index contributed by atoms with van der Waals surface area (Å²) >= 11 is 0. The molecule has 1 amide bonds. The molecule has 0 bridgehead atoms. The summed E-state index contributed by atoms with van der Waals surface area (Å²) in [6.45, 7) is 2.12. The van der Waals surface area contributed by atoms with E-state index in [4.69, 9.17) is 0 Å². The summed E-state index contributed by atoms with van der Waals surface area (Å²) in [7, 11) is 0. The highest BCUT2D eigenvalue weighted by molar-refractivity contribution is 5.97. The zero-order valence-corrected chi connectivity index (χ0v) is 10.4. The van der Waals surface area contributed by atoms with Gasteiger partial charge >= 0.3 is 0 Å². The number of carbonyl (C=O) groups is 1. The average molecular weight is 260 g/mol. The van der Waals surface area contributed by atoms with Crippen molar-refractivity contribution in [2.75, 3.05) is 0 Å². The molecule has 4 nitrogen and oxygen atoms in total. The summed E-state index contributed by atoms with van der Waals surface area (Å²) in [5, 5.41) is 12.1. The molecule has 1 aromatic heterocycles. The van der Waals surface area contributed by atoms with Crippen LogP contribution < -0.4 is 5.32 Å². The number of aryl methyl sites for hydroxylation is 1. The topological polar surface area (TPSA) is 62.2 Å². The molecule has 0 saturated carbocycles. The van der Waals surface area contributed by atoms with E-state index in [1.165, 1.54) is 12.1 Å². The Balaban J connectivity index is 2.13. The lowest BCUT2D eigenvalue weighted by molar-refractivity contribution is 0.0944. The Hall–Kier alpha value is -2.43. The quantitative estimate of drug-likeness (QED) is 0.889. The highest BCUT2D eigenvalue weighted by Crippen LogP contribution is 2.19. The van der Waals surface area contributed by atoms with Crippen LogP contribution in [0, 0.1) is 12.7 Å². The van der Waals surface area contributed by atoms with Crippen molar-refractivity contribution in [2.45, 2.75) is 13.5 Å². The Bertz CT molecular complexity index is 594. The van der Waals surface area contributed by atoms with Crippen molar-refractivity contribution >= 4 is 5.91 Å². The second kappa shape index (κ2) is 5.48. The minimum Gasteiger partial charge on any atom is -0.507 e. The molecule has 1 heterocycles. The van der Waals surface area contributed by atoms with Gasteiger partial charge in [0.15, 0.2) is 0 Å². The van der Waals surface area contributed by atoms with Crippen molar-refractivity contribution in [2.24, 2.45) is 0 Å². The minimum atomic E-state index is -0.746. The maximum absolute atomic E-state index is 13.5. The van der Waals surface area contributed by atoms with Gasteiger partial charge in [0.05, 0.1) is 0 Å². The third-order valence-corrected chi connectivity index (χ3v) is 2.79. The molecule has 98 valence electrons. The number of benzene rings is 1. The maximum Gasteiger partial charge on any atom is 0.258 e. The third kappa shape index (κ3) is 2.88. The Morgan fingerprint density at radius 2 is 2.21 bits per heavy atom. The van der Waals surface area contributed by atoms with Gasteiger partial charge in [0.1, 0.15) is 17.1 Å². The minimum absolute atomic E-state index is 0.251. The molecule has 2 N–H and O–H groups in total. The number of amides is 1. The molecule has 2 aromatic rings. The largest absolute Gasteiger partial charge is 0.507 e. The van der Waals surface area contributed by atoms with Crippen molar-refractivity contribution < 1.29 is 14.3 Å². The first-order chi connectivity index (χ1) is 9.09. The number of rotatable bonds is 3. The lowest BCUT2D eigenvalue weighted by Gasteiger charge is -2.09. The smallest absolute Gasteiger partial charge is 0.258 e. The van der Waals surface area contributed by atoms with Crippen LogP contribution >= 0.6 is 0 Å². The fourth-order valence-corrected chi connectivity index (χ4v) is 1.70. The van der Waals surface area contributed by atoms with Crippen LogP contribution in [0.5, 0.6) is 5.75 Å². The highest BCUT2D eigenvalue weighted by Gasteiger charge is 2.16. The zero-order chi connectivity index (χ0) is 13.8. The number of halogens is 1. The first-order valence-electron chi connectivity index (χ1n) is 5.74. The summed E-state index contributed by atoms with van der Waals surface area (Å²) in [5.41, 5.74) is 1.48. The van der Waals surface area contributed by atoms with E-state index in [9.17, 15) is 14.3 Å². The van der Waals surface area contributed by atoms with Gasteiger partial charge in [-0.25, -0.2) is 4.39 Å². The number of phenolic OH excluding ortho intramolecular Hbond substituents is 1. The van der Waals surface area contributed by atoms with Crippen molar-refractivity contribution in [1.82, 2.24) is 10.3 Å². The molecule has 0 aliphatic rings. The SMILES string of the molecule is Cc1cnccc1CNC(=O)c1c(O)cccc1F. The van der Waals surface area contributed by atoms with E-state index in [1.807, 2.05) is 6.92 Å². The van der Waals surface area contributed by atoms with Gasteiger partial charge in [0, 0.05) is 18.9 Å². The van der Waals surface area contributed by atoms with Gasteiger partial charge in [-0.15, -0.1) is 0 Å². The molecular weight excluding hydrogens is 247 g/mol. The molecule has 0 aliphatic carbocycles. The normalized spacial score (nSPS) is 10.2. The average Bonchev–Trinajstić information content (AvgIpc) is 2.37. The predicted octanol–water partition coefficient (Wildman–Crippen LogP) is 2.16. The predicted molar refractivity (Wildman–Crippen MR) is 68.2 cm³/mol. The molecule has 0 atom stereocenters. The molecule has 5 heteroatoms. The lowest BCUT2D eigenvalue weighted by atomic mass is 10.1. The molecule has 0 saturated heterocycles. The van der Waals surface area contributed by atoms with Crippen LogP contribution in [-0.4, -0.2) is 16.0 Å². The maximum atomic E-state index is 13.5. The van der Waals surface area contributed by atoms with Crippen LogP contribution in [-0.2, 0) is 6.54 Å². The Labute approximate surface area is 109 Å². The number of phenols is 1. The molecule has 0 radical (unpaired) electrons. The van der Waals surface area contributed by atoms with Gasteiger partial charge < -0.3 is 10.4 Å². The van der Waals surface area contributed by atoms with Gasteiger partial charge in [0.2, 0.25) is 0 Å². The number of hydrogen-bond donors (Lipinski definition) is 2. The van der Waals surface area contributed by atoms with Crippen LogP contribution in [0.4, 0.5) is 4.39 Å². The highest BCUT2D eigenvalue weighted by atomic mass is 19.1. The van der Waals surface area contributed by atoms with Crippen LogP contribution in [0.15, 0.2) is 36.7 Å². The second-order valence-electron chi connectivity index (χ2n) is 4.12. The summed E-state index contributed by atoms with van der Waals surface area (Å²) in [6.07, 6.45) is 3.30. The van der Waals surface area contributed by atoms with Crippen LogP contribution in [0.2, 0.25) is 0 Å². The van der Waals surface area contributed by atoms with Crippen molar-refractivity contribution in [3.63, 3.8) is 0 Å². The Morgan fingerprint density at radius 3 is 2.89 bits per heavy atom. The number of pyridine rings is 1. The summed E-state index contributed by atoms with van der Waals surface area (Å²) < 4.78 is 13.5. The van der Waals surface area contributed by atoms with E-state index in [0.717, 1.165) is 17.2 Å². The lowest BCUT2D eigenvalue weighted by Crippen LogP contribution is -2.24. The van der Waals surface area contributed by atoms with Crippen molar-refractivity contribution in [3.05, 3.63) is 59.2 Å². The molecule has 0 unspecified atom stereocenters. The fourth-order valence-electron chi connectivity index (χ4n) is 1.70. The number of aromatic hydroxyl groups is 1. The molecule has 19 heavy (non-hydrogen) atoms. The molecule has 0 aliphatic heterocycles. The van der Waals surface area contributed by atoms with E-state index < -0.39 is 11.7 Å². The van der Waals surface area contributed by atoms with E-state index in [0.29, 0.717) is 0 Å². The summed E-state index contributed by atoms with van der Waals surface area (Å²) in [5.74, 6) is -1.76. The number of hydrogen-bond acceptors (Lipinski definition) is 3. The van der Waals surface area contributed by atoms with Crippen LogP contribution in [0.25, 0.3) is 0 Å². The third-order valence-electron chi connectivity index (χ3n) is 2.79. The summed E-state index contributed by atoms with van der Waals surface area (Å²) in [4.78, 5) is 15.8. The Morgan fingerprint density at radius 1 is 1.42 bits per heavy atom. The number of carbonyl (C=O) groups excluding carboxylic acids is 1.